The van der Waals surface area contributed by atoms with Crippen LogP contribution in [0.15, 0.2) is 29.3 Å². The number of nitrogens with one attached hydrogen (secondary N) is 1. The molecule has 2 aromatic rings. The molecule has 0 bridgehead atoms. The minimum Gasteiger partial charge on any atom is -0.353 e. The van der Waals surface area contributed by atoms with Gasteiger partial charge in [0.1, 0.15) is 18.2 Å². The molecule has 0 radical (unpaired) electrons. The Morgan fingerprint density at radius 1 is 1.40 bits per heavy atom. The van der Waals surface area contributed by atoms with Gasteiger partial charge < -0.3 is 14.8 Å². The van der Waals surface area contributed by atoms with E-state index in [9.17, 15) is 4.39 Å². The van der Waals surface area contributed by atoms with Gasteiger partial charge in [0.2, 0.25) is 0 Å². The van der Waals surface area contributed by atoms with E-state index in [0.717, 1.165) is 36.0 Å². The van der Waals surface area contributed by atoms with Crippen LogP contribution in [-0.4, -0.2) is 38.7 Å². The fourth-order valence-electron chi connectivity index (χ4n) is 2.41. The van der Waals surface area contributed by atoms with E-state index in [0.29, 0.717) is 19.1 Å². The van der Waals surface area contributed by atoms with Crippen molar-refractivity contribution in [2.24, 2.45) is 12.0 Å². The van der Waals surface area contributed by atoms with Crippen molar-refractivity contribution in [3.8, 4) is 0 Å². The van der Waals surface area contributed by atoms with Gasteiger partial charge in [0.05, 0.1) is 0 Å². The molecular formula is C17H24FIN6. The smallest absolute Gasteiger partial charge is 0.194 e. The number of hydrogen-bond acceptors (Lipinski definition) is 3. The number of guanidine groups is 1. The van der Waals surface area contributed by atoms with Crippen LogP contribution in [0.3, 0.4) is 0 Å². The molecule has 1 fully saturated rings. The molecule has 1 heterocycles. The third kappa shape index (κ3) is 5.38. The first-order chi connectivity index (χ1) is 11.5. The molecule has 1 aromatic carbocycles. The Bertz CT molecular complexity index is 740. The van der Waals surface area contributed by atoms with Gasteiger partial charge in [-0.25, -0.2) is 9.38 Å². The van der Waals surface area contributed by atoms with Gasteiger partial charge in [-0.1, -0.05) is 12.1 Å². The summed E-state index contributed by atoms with van der Waals surface area (Å²) in [5, 5.41) is 11.7. The topological polar surface area (TPSA) is 58.3 Å². The van der Waals surface area contributed by atoms with Crippen molar-refractivity contribution >= 4 is 29.9 Å². The molecule has 1 aliphatic carbocycles. The molecule has 8 heteroatoms. The minimum absolute atomic E-state index is 0. The van der Waals surface area contributed by atoms with Crippen molar-refractivity contribution in [1.29, 1.82) is 0 Å². The lowest BCUT2D eigenvalue weighted by Crippen LogP contribution is -2.39. The van der Waals surface area contributed by atoms with Gasteiger partial charge in [0, 0.05) is 26.7 Å². The highest BCUT2D eigenvalue weighted by atomic mass is 127. The summed E-state index contributed by atoms with van der Waals surface area (Å²) in [6.07, 6.45) is 2.33. The summed E-state index contributed by atoms with van der Waals surface area (Å²) >= 11 is 0. The maximum absolute atomic E-state index is 13.4. The molecule has 25 heavy (non-hydrogen) atoms. The van der Waals surface area contributed by atoms with Gasteiger partial charge in [-0.3, -0.25) is 0 Å². The van der Waals surface area contributed by atoms with E-state index in [-0.39, 0.29) is 29.8 Å². The first kappa shape index (κ1) is 19.6. The molecule has 136 valence electrons. The van der Waals surface area contributed by atoms with Crippen LogP contribution >= 0.6 is 24.0 Å². The molecular weight excluding hydrogens is 434 g/mol. The third-order valence-corrected chi connectivity index (χ3v) is 4.13. The average Bonchev–Trinajstić information content (AvgIpc) is 3.31. The Balaban J connectivity index is 0.00000225. The Labute approximate surface area is 164 Å². The Kier molecular flexibility index (Phi) is 6.74. The van der Waals surface area contributed by atoms with Crippen LogP contribution in [0, 0.1) is 12.7 Å². The van der Waals surface area contributed by atoms with Gasteiger partial charge >= 0.3 is 0 Å². The second-order valence-corrected chi connectivity index (χ2v) is 6.27. The summed E-state index contributed by atoms with van der Waals surface area (Å²) in [6, 6.07) is 7.14. The highest BCUT2D eigenvalue weighted by molar-refractivity contribution is 14.0. The number of aryl methyl sites for hydroxylation is 1. The number of nitrogens with zero attached hydrogens (tertiary/aromatic N) is 5. The quantitative estimate of drug-likeness (QED) is 0.425. The standard InChI is InChI=1S/C17H23FN6.HI/c1-12-21-22-16(24(12)3)10-19-17(20-15-7-8-15)23(2)11-13-5-4-6-14(18)9-13;/h4-6,9,15H,7-8,10-11H2,1-3H3,(H,19,20);1H. The second-order valence-electron chi connectivity index (χ2n) is 6.27. The van der Waals surface area contributed by atoms with Crippen LogP contribution < -0.4 is 5.32 Å². The van der Waals surface area contributed by atoms with Gasteiger partial charge in [0.25, 0.3) is 0 Å². The van der Waals surface area contributed by atoms with Gasteiger partial charge in [0.15, 0.2) is 11.8 Å². The monoisotopic (exact) mass is 458 g/mol. The van der Waals surface area contributed by atoms with E-state index in [2.05, 4.69) is 20.5 Å². The van der Waals surface area contributed by atoms with E-state index < -0.39 is 0 Å². The predicted octanol–water partition coefficient (Wildman–Crippen LogP) is 2.62. The summed E-state index contributed by atoms with van der Waals surface area (Å²) in [4.78, 5) is 6.69. The minimum atomic E-state index is -0.218. The van der Waals surface area contributed by atoms with Crippen LogP contribution in [-0.2, 0) is 20.1 Å². The Morgan fingerprint density at radius 3 is 2.76 bits per heavy atom. The molecule has 1 N–H and O–H groups in total. The lowest BCUT2D eigenvalue weighted by molar-refractivity contribution is 0.471. The van der Waals surface area contributed by atoms with E-state index in [4.69, 9.17) is 0 Å². The first-order valence-electron chi connectivity index (χ1n) is 8.14. The van der Waals surface area contributed by atoms with Crippen LogP contribution in [0.4, 0.5) is 4.39 Å². The van der Waals surface area contributed by atoms with Crippen molar-refractivity contribution in [2.45, 2.75) is 38.9 Å². The molecule has 0 spiro atoms. The molecule has 1 aliphatic rings. The molecule has 6 nitrogen and oxygen atoms in total. The highest BCUT2D eigenvalue weighted by Crippen LogP contribution is 2.19. The van der Waals surface area contributed by atoms with Crippen LogP contribution in [0.25, 0.3) is 0 Å². The normalized spacial score (nSPS) is 14.2. The number of aliphatic imine (C=N–C) groups is 1. The summed E-state index contributed by atoms with van der Waals surface area (Å²) in [6.45, 7) is 2.97. The van der Waals surface area contributed by atoms with Gasteiger partial charge in [-0.15, -0.1) is 34.2 Å². The van der Waals surface area contributed by atoms with E-state index >= 15 is 0 Å². The zero-order chi connectivity index (χ0) is 17.1. The zero-order valence-electron chi connectivity index (χ0n) is 14.7. The van der Waals surface area contributed by atoms with Crippen molar-refractivity contribution < 1.29 is 4.39 Å². The van der Waals surface area contributed by atoms with Gasteiger partial charge in [-0.05, 0) is 37.5 Å². The van der Waals surface area contributed by atoms with Crippen molar-refractivity contribution in [3.63, 3.8) is 0 Å². The summed E-state index contributed by atoms with van der Waals surface area (Å²) in [5.41, 5.74) is 0.914. The van der Waals surface area contributed by atoms with Crippen molar-refractivity contribution in [1.82, 2.24) is 25.0 Å². The number of aromatic nitrogens is 3. The average molecular weight is 458 g/mol. The molecule has 0 amide bonds. The van der Waals surface area contributed by atoms with E-state index in [1.54, 1.807) is 12.1 Å². The molecule has 0 aliphatic heterocycles. The van der Waals surface area contributed by atoms with Crippen molar-refractivity contribution in [3.05, 3.63) is 47.3 Å². The van der Waals surface area contributed by atoms with Crippen molar-refractivity contribution in [2.75, 3.05) is 7.05 Å². The fourth-order valence-corrected chi connectivity index (χ4v) is 2.41. The molecule has 1 aromatic heterocycles. The third-order valence-electron chi connectivity index (χ3n) is 4.13. The summed E-state index contributed by atoms with van der Waals surface area (Å²) < 4.78 is 15.3. The lowest BCUT2D eigenvalue weighted by Gasteiger charge is -2.22. The molecule has 0 atom stereocenters. The van der Waals surface area contributed by atoms with Crippen LogP contribution in [0.1, 0.15) is 30.1 Å². The number of rotatable bonds is 5. The number of benzene rings is 1. The molecule has 3 rings (SSSR count). The molecule has 0 unspecified atom stereocenters. The fraction of sp³-hybridized carbons (Fsp3) is 0.471. The Hall–Kier alpha value is -1.71. The maximum Gasteiger partial charge on any atom is 0.194 e. The predicted molar refractivity (Wildman–Crippen MR) is 106 cm³/mol. The summed E-state index contributed by atoms with van der Waals surface area (Å²) in [5.74, 6) is 2.28. The largest absolute Gasteiger partial charge is 0.353 e. The summed E-state index contributed by atoms with van der Waals surface area (Å²) in [7, 11) is 3.89. The van der Waals surface area contributed by atoms with Crippen LogP contribution in [0.5, 0.6) is 0 Å². The van der Waals surface area contributed by atoms with E-state index in [1.807, 2.05) is 36.6 Å². The zero-order valence-corrected chi connectivity index (χ0v) is 17.1. The highest BCUT2D eigenvalue weighted by Gasteiger charge is 2.24. The molecule has 1 saturated carbocycles. The van der Waals surface area contributed by atoms with Crippen LogP contribution in [0.2, 0.25) is 0 Å². The molecule has 0 saturated heterocycles. The Morgan fingerprint density at radius 2 is 2.16 bits per heavy atom. The maximum atomic E-state index is 13.4. The SMILES string of the molecule is Cc1nnc(CN=C(NC2CC2)N(C)Cc2cccc(F)c2)n1C.I. The number of halogens is 2. The lowest BCUT2D eigenvalue weighted by atomic mass is 10.2. The second kappa shape index (κ2) is 8.59. The van der Waals surface area contributed by atoms with Gasteiger partial charge in [-0.2, -0.15) is 0 Å². The first-order valence-corrected chi connectivity index (χ1v) is 8.14. The van der Waals surface area contributed by atoms with E-state index in [1.165, 1.54) is 6.07 Å². The number of hydrogen-bond donors (Lipinski definition) is 1.